The van der Waals surface area contributed by atoms with Gasteiger partial charge in [-0.05, 0) is 35.2 Å². The first kappa shape index (κ1) is 13.8. The van der Waals surface area contributed by atoms with Gasteiger partial charge in [-0.2, -0.15) is 0 Å². The molecule has 0 amide bonds. The van der Waals surface area contributed by atoms with Gasteiger partial charge in [0.15, 0.2) is 5.78 Å². The lowest BCUT2D eigenvalue weighted by Gasteiger charge is -2.28. The van der Waals surface area contributed by atoms with Crippen molar-refractivity contribution in [3.05, 3.63) is 65.2 Å². The van der Waals surface area contributed by atoms with Gasteiger partial charge in [0.2, 0.25) is 0 Å². The summed E-state index contributed by atoms with van der Waals surface area (Å²) >= 11 is 0. The zero-order chi connectivity index (χ0) is 14.7. The highest BCUT2D eigenvalue weighted by molar-refractivity contribution is 5.82. The molecule has 0 aromatic heterocycles. The van der Waals surface area contributed by atoms with Gasteiger partial charge in [-0.25, -0.2) is 0 Å². The first-order chi connectivity index (χ1) is 10.2. The quantitative estimate of drug-likeness (QED) is 0.875. The third-order valence-corrected chi connectivity index (χ3v) is 3.97. The molecule has 0 radical (unpaired) electrons. The predicted molar refractivity (Wildman–Crippen MR) is 85.0 cm³/mol. The molecular weight excluding hydrogens is 260 g/mol. The maximum absolute atomic E-state index is 12.2. The highest BCUT2D eigenvalue weighted by Crippen LogP contribution is 2.21. The van der Waals surface area contributed by atoms with Crippen molar-refractivity contribution in [3.8, 4) is 0 Å². The fraction of sp³-hybridized carbons (Fsp3) is 0.278. The number of fused-ring (bicyclic) bond motifs is 1. The molecule has 2 aromatic carbocycles. The second-order valence-electron chi connectivity index (χ2n) is 5.69. The van der Waals surface area contributed by atoms with Crippen molar-refractivity contribution in [3.63, 3.8) is 0 Å². The molecule has 3 rings (SSSR count). The van der Waals surface area contributed by atoms with E-state index >= 15 is 0 Å². The Kier molecular flexibility index (Phi) is 4.02. The maximum Gasteiger partial charge on any atom is 0.151 e. The molecule has 0 bridgehead atoms. The van der Waals surface area contributed by atoms with Crippen molar-refractivity contribution < 1.29 is 4.79 Å². The van der Waals surface area contributed by atoms with Crippen LogP contribution in [0.25, 0.3) is 0 Å². The fourth-order valence-corrected chi connectivity index (χ4v) is 2.90. The lowest BCUT2D eigenvalue weighted by atomic mass is 9.98. The molecule has 1 aliphatic rings. The molecule has 0 aliphatic carbocycles. The normalized spacial score (nSPS) is 14.7. The Bertz CT molecular complexity index is 637. The van der Waals surface area contributed by atoms with E-state index in [9.17, 15) is 4.79 Å². The second-order valence-corrected chi connectivity index (χ2v) is 5.69. The SMILES string of the molecule is Nc1ccc2c(c1)CN(CC(=O)Cc1ccccc1)CC2. The average molecular weight is 280 g/mol. The summed E-state index contributed by atoms with van der Waals surface area (Å²) < 4.78 is 0. The van der Waals surface area contributed by atoms with Crippen LogP contribution in [0, 0.1) is 0 Å². The number of benzene rings is 2. The summed E-state index contributed by atoms with van der Waals surface area (Å²) in [6, 6.07) is 16.0. The fourth-order valence-electron chi connectivity index (χ4n) is 2.90. The summed E-state index contributed by atoms with van der Waals surface area (Å²) in [5.41, 5.74) is 10.3. The first-order valence-electron chi connectivity index (χ1n) is 7.36. The summed E-state index contributed by atoms with van der Waals surface area (Å²) in [5, 5.41) is 0. The van der Waals surface area contributed by atoms with Gasteiger partial charge in [-0.3, -0.25) is 9.69 Å². The van der Waals surface area contributed by atoms with Crippen LogP contribution in [-0.4, -0.2) is 23.8 Å². The van der Waals surface area contributed by atoms with Crippen LogP contribution in [0.5, 0.6) is 0 Å². The number of hydrogen-bond donors (Lipinski definition) is 1. The lowest BCUT2D eigenvalue weighted by molar-refractivity contribution is -0.119. The highest BCUT2D eigenvalue weighted by Gasteiger charge is 2.18. The van der Waals surface area contributed by atoms with E-state index in [1.165, 1.54) is 11.1 Å². The Morgan fingerprint density at radius 2 is 1.90 bits per heavy atom. The highest BCUT2D eigenvalue weighted by atomic mass is 16.1. The number of carbonyl (C=O) groups excluding carboxylic acids is 1. The Morgan fingerprint density at radius 3 is 2.71 bits per heavy atom. The molecule has 0 saturated heterocycles. The van der Waals surface area contributed by atoms with Gasteiger partial charge >= 0.3 is 0 Å². The number of nitrogen functional groups attached to an aromatic ring is 1. The average Bonchev–Trinajstić information content (AvgIpc) is 2.47. The molecule has 2 aromatic rings. The van der Waals surface area contributed by atoms with Crippen molar-refractivity contribution in [1.29, 1.82) is 0 Å². The van der Waals surface area contributed by atoms with Crippen LogP contribution >= 0.6 is 0 Å². The standard InChI is InChI=1S/C18H20N2O/c19-17-7-6-15-8-9-20(12-16(15)11-17)13-18(21)10-14-4-2-1-3-5-14/h1-7,11H,8-10,12-13,19H2. The molecule has 21 heavy (non-hydrogen) atoms. The summed E-state index contributed by atoms with van der Waals surface area (Å²) in [7, 11) is 0. The van der Waals surface area contributed by atoms with E-state index in [0.29, 0.717) is 13.0 Å². The number of rotatable bonds is 4. The van der Waals surface area contributed by atoms with Crippen molar-refractivity contribution in [2.45, 2.75) is 19.4 Å². The Labute approximate surface area is 125 Å². The van der Waals surface area contributed by atoms with Crippen LogP contribution in [0.15, 0.2) is 48.5 Å². The van der Waals surface area contributed by atoms with E-state index in [-0.39, 0.29) is 5.78 Å². The van der Waals surface area contributed by atoms with E-state index in [4.69, 9.17) is 5.73 Å². The molecule has 3 nitrogen and oxygen atoms in total. The van der Waals surface area contributed by atoms with E-state index in [1.807, 2.05) is 42.5 Å². The van der Waals surface area contributed by atoms with E-state index in [0.717, 1.165) is 30.8 Å². The molecule has 3 heteroatoms. The number of nitrogens with two attached hydrogens (primary N) is 1. The number of ketones is 1. The van der Waals surface area contributed by atoms with Gasteiger partial charge in [0.25, 0.3) is 0 Å². The zero-order valence-electron chi connectivity index (χ0n) is 12.1. The Balaban J connectivity index is 1.60. The molecule has 0 atom stereocenters. The van der Waals surface area contributed by atoms with E-state index in [1.54, 1.807) is 0 Å². The number of Topliss-reactive ketones (excluding diaryl/α,β-unsaturated/α-hetero) is 1. The van der Waals surface area contributed by atoms with Gasteiger partial charge in [-0.15, -0.1) is 0 Å². The Hall–Kier alpha value is -2.13. The molecule has 1 heterocycles. The van der Waals surface area contributed by atoms with Crippen molar-refractivity contribution in [1.82, 2.24) is 4.90 Å². The minimum Gasteiger partial charge on any atom is -0.399 e. The third-order valence-electron chi connectivity index (χ3n) is 3.97. The molecule has 0 spiro atoms. The van der Waals surface area contributed by atoms with E-state index < -0.39 is 0 Å². The molecule has 0 fully saturated rings. The van der Waals surface area contributed by atoms with Crippen molar-refractivity contribution >= 4 is 11.5 Å². The van der Waals surface area contributed by atoms with Gasteiger partial charge in [-0.1, -0.05) is 36.4 Å². The summed E-state index contributed by atoms with van der Waals surface area (Å²) in [4.78, 5) is 14.4. The van der Waals surface area contributed by atoms with E-state index in [2.05, 4.69) is 11.0 Å². The minimum absolute atomic E-state index is 0.272. The second kappa shape index (κ2) is 6.10. The number of hydrogen-bond acceptors (Lipinski definition) is 3. The molecule has 0 unspecified atom stereocenters. The molecular formula is C18H20N2O. The number of nitrogens with zero attached hydrogens (tertiary/aromatic N) is 1. The number of carbonyl (C=O) groups is 1. The maximum atomic E-state index is 12.2. The van der Waals surface area contributed by atoms with Gasteiger partial charge in [0.05, 0.1) is 6.54 Å². The molecule has 0 saturated carbocycles. The van der Waals surface area contributed by atoms with Crippen LogP contribution in [0.3, 0.4) is 0 Å². The topological polar surface area (TPSA) is 46.3 Å². The van der Waals surface area contributed by atoms with Crippen LogP contribution in [0.1, 0.15) is 16.7 Å². The molecule has 1 aliphatic heterocycles. The van der Waals surface area contributed by atoms with Gasteiger partial charge in [0.1, 0.15) is 0 Å². The lowest BCUT2D eigenvalue weighted by Crippen LogP contribution is -2.35. The summed E-state index contributed by atoms with van der Waals surface area (Å²) in [5.74, 6) is 0.272. The van der Waals surface area contributed by atoms with Crippen LogP contribution in [0.2, 0.25) is 0 Å². The summed E-state index contributed by atoms with van der Waals surface area (Å²) in [6.45, 7) is 2.28. The van der Waals surface area contributed by atoms with Gasteiger partial charge < -0.3 is 5.73 Å². The van der Waals surface area contributed by atoms with Gasteiger partial charge in [0, 0.05) is 25.2 Å². The molecule has 2 N–H and O–H groups in total. The first-order valence-corrected chi connectivity index (χ1v) is 7.36. The van der Waals surface area contributed by atoms with Crippen LogP contribution in [-0.2, 0) is 24.2 Å². The zero-order valence-corrected chi connectivity index (χ0v) is 12.1. The third kappa shape index (κ3) is 3.50. The summed E-state index contributed by atoms with van der Waals surface area (Å²) in [6.07, 6.45) is 1.51. The van der Waals surface area contributed by atoms with Crippen molar-refractivity contribution in [2.75, 3.05) is 18.8 Å². The Morgan fingerprint density at radius 1 is 1.10 bits per heavy atom. The monoisotopic (exact) mass is 280 g/mol. The van der Waals surface area contributed by atoms with Crippen LogP contribution in [0.4, 0.5) is 5.69 Å². The largest absolute Gasteiger partial charge is 0.399 e. The molecule has 108 valence electrons. The number of anilines is 1. The van der Waals surface area contributed by atoms with Crippen LogP contribution < -0.4 is 5.73 Å². The smallest absolute Gasteiger partial charge is 0.151 e. The predicted octanol–water partition coefficient (Wildman–Crippen LogP) is 2.44. The minimum atomic E-state index is 0.272. The van der Waals surface area contributed by atoms with Crippen molar-refractivity contribution in [2.24, 2.45) is 0 Å².